The van der Waals surface area contributed by atoms with Crippen molar-refractivity contribution >= 4 is 34.8 Å². The van der Waals surface area contributed by atoms with Crippen LogP contribution in [0.15, 0.2) is 18.2 Å². The molecule has 1 aromatic rings. The summed E-state index contributed by atoms with van der Waals surface area (Å²) in [5, 5.41) is 16.6. The quantitative estimate of drug-likeness (QED) is 0.771. The molecule has 1 aliphatic heterocycles. The van der Waals surface area contributed by atoms with E-state index in [1.54, 1.807) is 18.2 Å². The number of ether oxygens (including phenoxy) is 1. The molecule has 0 aliphatic carbocycles. The van der Waals surface area contributed by atoms with E-state index in [9.17, 15) is 9.90 Å². The number of benzene rings is 1. The molecule has 1 aliphatic rings. The first-order valence-electron chi connectivity index (χ1n) is 6.71. The first-order valence-corrected chi connectivity index (χ1v) is 7.46. The van der Waals surface area contributed by atoms with Crippen molar-refractivity contribution in [1.29, 1.82) is 0 Å². The molecule has 0 aromatic heterocycles. The maximum absolute atomic E-state index is 11.9. The average molecular weight is 333 g/mol. The van der Waals surface area contributed by atoms with Gasteiger partial charge in [0.05, 0.1) is 28.4 Å². The second kappa shape index (κ2) is 6.94. The van der Waals surface area contributed by atoms with Gasteiger partial charge in [0, 0.05) is 19.6 Å². The first-order chi connectivity index (χ1) is 9.92. The molecule has 1 saturated heterocycles. The van der Waals surface area contributed by atoms with Gasteiger partial charge in [-0.05, 0) is 19.1 Å². The Balaban J connectivity index is 1.83. The number of halogens is 2. The Morgan fingerprint density at radius 1 is 1.48 bits per heavy atom. The normalized spacial score (nSPS) is 25.0. The van der Waals surface area contributed by atoms with Crippen LogP contribution in [0, 0.1) is 0 Å². The molecule has 0 spiro atoms. The van der Waals surface area contributed by atoms with E-state index in [2.05, 4.69) is 10.6 Å². The monoisotopic (exact) mass is 332 g/mol. The highest BCUT2D eigenvalue weighted by Gasteiger charge is 2.39. The molecule has 0 bridgehead atoms. The topological polar surface area (TPSA) is 70.6 Å². The van der Waals surface area contributed by atoms with Gasteiger partial charge in [0.15, 0.2) is 0 Å². The fraction of sp³-hybridized carbons (Fsp3) is 0.500. The molecular weight excluding hydrogens is 315 g/mol. The van der Waals surface area contributed by atoms with Crippen LogP contribution in [0.2, 0.25) is 10.0 Å². The van der Waals surface area contributed by atoms with Crippen molar-refractivity contribution in [2.75, 3.05) is 25.0 Å². The molecule has 5 nitrogen and oxygen atoms in total. The Labute approximate surface area is 133 Å². The lowest BCUT2D eigenvalue weighted by Gasteiger charge is -2.26. The maximum Gasteiger partial charge on any atom is 0.238 e. The highest BCUT2D eigenvalue weighted by Crippen LogP contribution is 2.29. The van der Waals surface area contributed by atoms with Gasteiger partial charge < -0.3 is 20.5 Å². The minimum atomic E-state index is -0.928. The Hall–Kier alpha value is -0.850. The molecule has 2 rings (SSSR count). The van der Waals surface area contributed by atoms with Crippen molar-refractivity contribution in [1.82, 2.24) is 5.32 Å². The van der Waals surface area contributed by atoms with E-state index in [1.807, 2.05) is 6.92 Å². The summed E-state index contributed by atoms with van der Waals surface area (Å²) in [5.41, 5.74) is -0.536. The Bertz CT molecular complexity index is 507. The number of para-hydroxylation sites is 1. The largest absolute Gasteiger partial charge is 0.386 e. The minimum Gasteiger partial charge on any atom is -0.386 e. The molecule has 21 heavy (non-hydrogen) atoms. The maximum atomic E-state index is 11.9. The summed E-state index contributed by atoms with van der Waals surface area (Å²) in [6.07, 6.45) is 0.310. The second-order valence-electron chi connectivity index (χ2n) is 5.11. The summed E-state index contributed by atoms with van der Waals surface area (Å²) in [7, 11) is 0. The molecule has 3 N–H and O–H groups in total. The van der Waals surface area contributed by atoms with Crippen molar-refractivity contribution in [3.05, 3.63) is 28.2 Å². The van der Waals surface area contributed by atoms with E-state index >= 15 is 0 Å². The van der Waals surface area contributed by atoms with Crippen molar-refractivity contribution < 1.29 is 14.6 Å². The van der Waals surface area contributed by atoms with Crippen LogP contribution in [0.5, 0.6) is 0 Å². The predicted octanol–water partition coefficient (Wildman–Crippen LogP) is 2.06. The highest BCUT2D eigenvalue weighted by molar-refractivity contribution is 6.39. The number of aliphatic hydroxyl groups is 1. The van der Waals surface area contributed by atoms with Gasteiger partial charge in [-0.25, -0.2) is 0 Å². The predicted molar refractivity (Wildman–Crippen MR) is 82.9 cm³/mol. The van der Waals surface area contributed by atoms with E-state index in [0.717, 1.165) is 0 Å². The minimum absolute atomic E-state index is 0.0522. The zero-order chi connectivity index (χ0) is 15.5. The van der Waals surface area contributed by atoms with Crippen LogP contribution in [0.25, 0.3) is 0 Å². The smallest absolute Gasteiger partial charge is 0.238 e. The number of amides is 1. The van der Waals surface area contributed by atoms with Crippen LogP contribution in [-0.4, -0.2) is 42.4 Å². The Kier molecular flexibility index (Phi) is 5.46. The van der Waals surface area contributed by atoms with Gasteiger partial charge >= 0.3 is 0 Å². The summed E-state index contributed by atoms with van der Waals surface area (Å²) < 4.78 is 5.33. The molecule has 2 unspecified atom stereocenters. The third kappa shape index (κ3) is 4.08. The van der Waals surface area contributed by atoms with Crippen LogP contribution < -0.4 is 10.6 Å². The highest BCUT2D eigenvalue weighted by atomic mass is 35.5. The fourth-order valence-electron chi connectivity index (χ4n) is 2.20. The zero-order valence-electron chi connectivity index (χ0n) is 11.7. The van der Waals surface area contributed by atoms with E-state index in [4.69, 9.17) is 27.9 Å². The van der Waals surface area contributed by atoms with Crippen molar-refractivity contribution in [3.63, 3.8) is 0 Å². The van der Waals surface area contributed by atoms with E-state index in [1.165, 1.54) is 0 Å². The lowest BCUT2D eigenvalue weighted by Crippen LogP contribution is -2.47. The van der Waals surface area contributed by atoms with Gasteiger partial charge in [0.1, 0.15) is 5.60 Å². The summed E-state index contributed by atoms with van der Waals surface area (Å²) in [5.74, 6) is -0.278. The number of anilines is 1. The molecule has 116 valence electrons. The van der Waals surface area contributed by atoms with E-state index < -0.39 is 5.60 Å². The van der Waals surface area contributed by atoms with Gasteiger partial charge in [-0.2, -0.15) is 0 Å². The van der Waals surface area contributed by atoms with Crippen molar-refractivity contribution in [2.45, 2.75) is 25.0 Å². The van der Waals surface area contributed by atoms with Crippen LogP contribution in [0.4, 0.5) is 5.69 Å². The lowest BCUT2D eigenvalue weighted by atomic mass is 9.97. The zero-order valence-corrected chi connectivity index (χ0v) is 13.2. The SMILES string of the molecule is CC1OCCC1(O)CNCC(=O)Nc1c(Cl)cccc1Cl. The number of carbonyl (C=O) groups excluding carboxylic acids is 1. The fourth-order valence-corrected chi connectivity index (χ4v) is 2.69. The molecule has 0 saturated carbocycles. The van der Waals surface area contributed by atoms with Gasteiger partial charge in [0.2, 0.25) is 5.91 Å². The summed E-state index contributed by atoms with van der Waals surface area (Å²) in [6.45, 7) is 2.69. The first kappa shape index (κ1) is 16.5. The number of hydrogen-bond donors (Lipinski definition) is 3. The van der Waals surface area contributed by atoms with Gasteiger partial charge in [-0.3, -0.25) is 4.79 Å². The molecule has 7 heteroatoms. The third-order valence-corrected chi connectivity index (χ3v) is 4.23. The van der Waals surface area contributed by atoms with E-state index in [0.29, 0.717) is 28.8 Å². The van der Waals surface area contributed by atoms with Crippen LogP contribution >= 0.6 is 23.2 Å². The molecule has 1 amide bonds. The van der Waals surface area contributed by atoms with Crippen molar-refractivity contribution in [3.8, 4) is 0 Å². The van der Waals surface area contributed by atoms with E-state index in [-0.39, 0.29) is 25.1 Å². The number of carbonyl (C=O) groups is 1. The molecule has 1 fully saturated rings. The molecule has 0 radical (unpaired) electrons. The van der Waals surface area contributed by atoms with Crippen LogP contribution in [-0.2, 0) is 9.53 Å². The standard InChI is InChI=1S/C14H18Cl2N2O3/c1-9-14(20,5-6-21-9)8-17-7-12(19)18-13-10(15)3-2-4-11(13)16/h2-4,9,17,20H,5-8H2,1H3,(H,18,19). The molecule has 1 aromatic carbocycles. The van der Waals surface area contributed by atoms with Crippen molar-refractivity contribution in [2.24, 2.45) is 0 Å². The number of hydrogen-bond acceptors (Lipinski definition) is 4. The Morgan fingerprint density at radius 2 is 2.14 bits per heavy atom. The van der Waals surface area contributed by atoms with Gasteiger partial charge in [-0.15, -0.1) is 0 Å². The Morgan fingerprint density at radius 3 is 2.71 bits per heavy atom. The molecule has 1 heterocycles. The number of nitrogens with one attached hydrogen (secondary N) is 2. The third-order valence-electron chi connectivity index (χ3n) is 3.60. The molecule has 2 atom stereocenters. The lowest BCUT2D eigenvalue weighted by molar-refractivity contribution is -0.115. The van der Waals surface area contributed by atoms with Gasteiger partial charge in [0.25, 0.3) is 0 Å². The number of rotatable bonds is 5. The van der Waals surface area contributed by atoms with Crippen LogP contribution in [0.1, 0.15) is 13.3 Å². The van der Waals surface area contributed by atoms with Gasteiger partial charge in [-0.1, -0.05) is 29.3 Å². The summed E-state index contributed by atoms with van der Waals surface area (Å²) in [4.78, 5) is 11.9. The summed E-state index contributed by atoms with van der Waals surface area (Å²) >= 11 is 12.0. The van der Waals surface area contributed by atoms with Crippen LogP contribution in [0.3, 0.4) is 0 Å². The second-order valence-corrected chi connectivity index (χ2v) is 5.93. The average Bonchev–Trinajstić information content (AvgIpc) is 2.74. The molecular formula is C14H18Cl2N2O3. The summed E-state index contributed by atoms with van der Waals surface area (Å²) in [6, 6.07) is 5.00.